The number of carbonyl (C=O) groups excluding carboxylic acids is 1. The molecule has 0 radical (unpaired) electrons. The van der Waals surface area contributed by atoms with E-state index in [2.05, 4.69) is 9.97 Å². The Kier molecular flexibility index (Phi) is 4.36. The van der Waals surface area contributed by atoms with Crippen LogP contribution in [-0.2, 0) is 5.60 Å². The molecule has 2 heterocycles. The lowest BCUT2D eigenvalue weighted by Gasteiger charge is -2.52. The maximum atomic E-state index is 13.0. The number of piperidine rings is 1. The van der Waals surface area contributed by atoms with Crippen LogP contribution in [0.4, 0.5) is 0 Å². The van der Waals surface area contributed by atoms with E-state index in [0.717, 1.165) is 37.4 Å². The van der Waals surface area contributed by atoms with Crippen LogP contribution in [0.15, 0.2) is 47.5 Å². The molecule has 1 saturated heterocycles. The van der Waals surface area contributed by atoms with Gasteiger partial charge < -0.3 is 15.0 Å². The molecule has 1 aliphatic heterocycles. The van der Waals surface area contributed by atoms with E-state index >= 15 is 0 Å². The Morgan fingerprint density at radius 3 is 2.73 bits per heavy atom. The summed E-state index contributed by atoms with van der Waals surface area (Å²) >= 11 is 0. The fraction of sp³-hybridized carbons (Fsp3) is 0.450. The number of amides is 1. The van der Waals surface area contributed by atoms with Crippen molar-refractivity contribution in [3.63, 3.8) is 0 Å². The molecule has 26 heavy (non-hydrogen) atoms. The van der Waals surface area contributed by atoms with Crippen molar-refractivity contribution >= 4 is 5.91 Å². The van der Waals surface area contributed by atoms with Crippen LogP contribution in [0.25, 0.3) is 0 Å². The highest BCUT2D eigenvalue weighted by Crippen LogP contribution is 2.47. The number of aromatic nitrogens is 2. The summed E-state index contributed by atoms with van der Waals surface area (Å²) in [7, 11) is 0. The van der Waals surface area contributed by atoms with E-state index in [1.165, 1.54) is 6.20 Å². The number of nitrogens with one attached hydrogen (secondary N) is 1. The van der Waals surface area contributed by atoms with Crippen molar-refractivity contribution in [2.75, 3.05) is 6.54 Å². The van der Waals surface area contributed by atoms with E-state index in [1.54, 1.807) is 0 Å². The molecule has 6 nitrogen and oxygen atoms in total. The standard InChI is InChI=1S/C20H23N3O3/c24-18-13-21-16(12-22-18)19(25)23-11-10-20(26,14-6-2-1-3-7-14)15-8-4-5-9-17(15)23/h1-3,6-7,12-13,15,17,26H,4-5,8-11H2,(H,22,24)/t15-,17-,20+/m1/s1. The van der Waals surface area contributed by atoms with Crippen LogP contribution in [0.3, 0.4) is 0 Å². The maximum Gasteiger partial charge on any atom is 0.274 e. The number of H-pyrrole nitrogens is 1. The van der Waals surface area contributed by atoms with Crippen molar-refractivity contribution < 1.29 is 9.90 Å². The normalized spacial score (nSPS) is 28.4. The summed E-state index contributed by atoms with van der Waals surface area (Å²) in [5.74, 6) is -0.160. The van der Waals surface area contributed by atoms with Gasteiger partial charge >= 0.3 is 0 Å². The van der Waals surface area contributed by atoms with Crippen molar-refractivity contribution in [2.24, 2.45) is 5.92 Å². The second kappa shape index (κ2) is 6.68. The number of aromatic amines is 1. The molecule has 0 unspecified atom stereocenters. The van der Waals surface area contributed by atoms with E-state index in [0.29, 0.717) is 13.0 Å². The molecule has 4 rings (SSSR count). The summed E-state index contributed by atoms with van der Waals surface area (Å²) < 4.78 is 0. The summed E-state index contributed by atoms with van der Waals surface area (Å²) in [4.78, 5) is 32.5. The quantitative estimate of drug-likeness (QED) is 0.865. The van der Waals surface area contributed by atoms with Gasteiger partial charge in [0.05, 0.1) is 11.8 Å². The Morgan fingerprint density at radius 1 is 1.23 bits per heavy atom. The lowest BCUT2D eigenvalue weighted by molar-refractivity contribution is -0.110. The lowest BCUT2D eigenvalue weighted by atomic mass is 9.66. The zero-order valence-corrected chi connectivity index (χ0v) is 14.6. The van der Waals surface area contributed by atoms with Gasteiger partial charge in [0.1, 0.15) is 5.69 Å². The molecule has 2 aliphatic rings. The first-order valence-electron chi connectivity index (χ1n) is 9.23. The van der Waals surface area contributed by atoms with Gasteiger partial charge in [0.25, 0.3) is 11.5 Å². The predicted octanol–water partition coefficient (Wildman–Crippen LogP) is 2.06. The number of rotatable bonds is 2. The Hall–Kier alpha value is -2.47. The number of carbonyl (C=O) groups is 1. The van der Waals surface area contributed by atoms with Crippen molar-refractivity contribution in [1.82, 2.24) is 14.9 Å². The maximum absolute atomic E-state index is 13.0. The molecule has 2 aromatic rings. The predicted molar refractivity (Wildman–Crippen MR) is 96.6 cm³/mol. The number of hydrogen-bond acceptors (Lipinski definition) is 4. The summed E-state index contributed by atoms with van der Waals surface area (Å²) in [5.41, 5.74) is -0.0407. The molecule has 1 amide bonds. The smallest absolute Gasteiger partial charge is 0.274 e. The molecule has 0 spiro atoms. The Balaban J connectivity index is 1.65. The molecule has 1 saturated carbocycles. The third-order valence-electron chi connectivity index (χ3n) is 5.90. The Morgan fingerprint density at radius 2 is 2.00 bits per heavy atom. The summed E-state index contributed by atoms with van der Waals surface area (Å²) in [6.45, 7) is 0.478. The highest BCUT2D eigenvalue weighted by Gasteiger charge is 2.50. The molecule has 2 N–H and O–H groups in total. The van der Waals surface area contributed by atoms with Gasteiger partial charge in [0, 0.05) is 24.7 Å². The van der Waals surface area contributed by atoms with E-state index < -0.39 is 5.60 Å². The third-order valence-corrected chi connectivity index (χ3v) is 5.90. The molecule has 136 valence electrons. The molecule has 0 bridgehead atoms. The lowest BCUT2D eigenvalue weighted by Crippen LogP contribution is -2.59. The zero-order chi connectivity index (χ0) is 18.1. The minimum Gasteiger partial charge on any atom is -0.385 e. The largest absolute Gasteiger partial charge is 0.385 e. The summed E-state index contributed by atoms with van der Waals surface area (Å²) in [6.07, 6.45) is 6.92. The van der Waals surface area contributed by atoms with Crippen LogP contribution in [-0.4, -0.2) is 38.5 Å². The number of aliphatic hydroxyl groups is 1. The average Bonchev–Trinajstić information content (AvgIpc) is 2.69. The summed E-state index contributed by atoms with van der Waals surface area (Å²) in [5, 5.41) is 11.5. The zero-order valence-electron chi connectivity index (χ0n) is 14.6. The van der Waals surface area contributed by atoms with Crippen LogP contribution in [0.2, 0.25) is 0 Å². The molecule has 1 aromatic heterocycles. The fourth-order valence-electron chi connectivity index (χ4n) is 4.63. The molecule has 1 aliphatic carbocycles. The van der Waals surface area contributed by atoms with Crippen LogP contribution < -0.4 is 5.56 Å². The van der Waals surface area contributed by atoms with Crippen molar-refractivity contribution in [3.05, 3.63) is 64.3 Å². The monoisotopic (exact) mass is 353 g/mol. The van der Waals surface area contributed by atoms with Gasteiger partial charge in [-0.3, -0.25) is 9.59 Å². The topological polar surface area (TPSA) is 86.3 Å². The van der Waals surface area contributed by atoms with Gasteiger partial charge in [0.15, 0.2) is 0 Å². The van der Waals surface area contributed by atoms with E-state index in [9.17, 15) is 14.7 Å². The molecule has 3 atom stereocenters. The average molecular weight is 353 g/mol. The highest BCUT2D eigenvalue weighted by molar-refractivity contribution is 5.92. The fourth-order valence-corrected chi connectivity index (χ4v) is 4.63. The third kappa shape index (κ3) is 2.84. The first-order chi connectivity index (χ1) is 12.6. The van der Waals surface area contributed by atoms with Gasteiger partial charge in [-0.15, -0.1) is 0 Å². The van der Waals surface area contributed by atoms with Crippen LogP contribution in [0.1, 0.15) is 48.2 Å². The molecule has 2 fully saturated rings. The molecular formula is C20H23N3O3. The number of hydrogen-bond donors (Lipinski definition) is 2. The van der Waals surface area contributed by atoms with E-state index in [1.807, 2.05) is 35.2 Å². The summed E-state index contributed by atoms with van der Waals surface area (Å²) in [6, 6.07) is 9.80. The first-order valence-corrected chi connectivity index (χ1v) is 9.23. The van der Waals surface area contributed by atoms with Crippen molar-refractivity contribution in [1.29, 1.82) is 0 Å². The van der Waals surface area contributed by atoms with Gasteiger partial charge in [0.2, 0.25) is 0 Å². The van der Waals surface area contributed by atoms with E-state index in [-0.39, 0.29) is 29.1 Å². The van der Waals surface area contributed by atoms with E-state index in [4.69, 9.17) is 0 Å². The van der Waals surface area contributed by atoms with Crippen molar-refractivity contribution in [2.45, 2.75) is 43.7 Å². The number of fused-ring (bicyclic) bond motifs is 1. The van der Waals surface area contributed by atoms with Crippen LogP contribution in [0.5, 0.6) is 0 Å². The van der Waals surface area contributed by atoms with Gasteiger partial charge in [-0.25, -0.2) is 4.98 Å². The second-order valence-corrected chi connectivity index (χ2v) is 7.29. The van der Waals surface area contributed by atoms with Crippen LogP contribution >= 0.6 is 0 Å². The number of benzene rings is 1. The molecular weight excluding hydrogens is 330 g/mol. The Bertz CT molecular complexity index is 830. The Labute approximate surface area is 151 Å². The minimum atomic E-state index is -0.901. The number of nitrogens with zero attached hydrogens (tertiary/aromatic N) is 2. The van der Waals surface area contributed by atoms with Crippen molar-refractivity contribution in [3.8, 4) is 0 Å². The molecule has 1 aromatic carbocycles. The number of likely N-dealkylation sites (tertiary alicyclic amines) is 1. The molecule has 6 heteroatoms. The first kappa shape index (κ1) is 17.0. The van der Waals surface area contributed by atoms with Gasteiger partial charge in [-0.2, -0.15) is 0 Å². The van der Waals surface area contributed by atoms with Gasteiger partial charge in [-0.1, -0.05) is 43.2 Å². The van der Waals surface area contributed by atoms with Gasteiger partial charge in [-0.05, 0) is 24.8 Å². The highest BCUT2D eigenvalue weighted by atomic mass is 16.3. The SMILES string of the molecule is O=C(c1c[nH]c(=O)cn1)N1CC[C@](O)(c2ccccc2)[C@@H]2CCCC[C@H]21. The van der Waals surface area contributed by atoms with Crippen LogP contribution in [0, 0.1) is 5.92 Å². The minimum absolute atomic E-state index is 0.0102. The second-order valence-electron chi connectivity index (χ2n) is 7.29.